The normalized spacial score (nSPS) is 11.3. The molecule has 0 heterocycles. The number of nitrogens with two attached hydrogens (primary N) is 1. The number of rotatable bonds is 1. The van der Waals surface area contributed by atoms with Gasteiger partial charge in [-0.3, -0.25) is 10.0 Å². The van der Waals surface area contributed by atoms with Gasteiger partial charge in [-0.05, 0) is 18.2 Å². The van der Waals surface area contributed by atoms with Gasteiger partial charge in [0.15, 0.2) is 0 Å². The van der Waals surface area contributed by atoms with E-state index in [0.717, 1.165) is 18.2 Å². The number of hydrogen-bond acceptors (Lipinski definition) is 3. The third-order valence-electron chi connectivity index (χ3n) is 1.64. The molecule has 0 spiro atoms. The first-order chi connectivity index (χ1) is 6.82. The fourth-order valence-electron chi connectivity index (χ4n) is 0.961. The van der Waals surface area contributed by atoms with Gasteiger partial charge in [0.25, 0.3) is 5.91 Å². The summed E-state index contributed by atoms with van der Waals surface area (Å²) in [5.74, 6) is 3.58. The number of hydrogen-bond donors (Lipinski definition) is 2. The third kappa shape index (κ3) is 2.67. The standard InChI is InChI=1S/C8H7F3N2O2/c9-8(10,11)6-3-1-2-5(4-6)7(14)13(12)15/h1-4,15H,12H2. The Kier molecular flexibility index (Phi) is 2.96. The largest absolute Gasteiger partial charge is 0.416 e. The van der Waals surface area contributed by atoms with E-state index >= 15 is 0 Å². The van der Waals surface area contributed by atoms with Crippen LogP contribution in [0.5, 0.6) is 0 Å². The number of hydrazine groups is 1. The average molecular weight is 220 g/mol. The zero-order valence-electron chi connectivity index (χ0n) is 7.32. The molecule has 1 rings (SSSR count). The molecule has 0 saturated heterocycles. The van der Waals surface area contributed by atoms with Gasteiger partial charge >= 0.3 is 6.18 Å². The highest BCUT2D eigenvalue weighted by Gasteiger charge is 2.31. The number of amides is 1. The Hall–Kier alpha value is -1.60. The second-order valence-corrected chi connectivity index (χ2v) is 2.73. The van der Waals surface area contributed by atoms with Crippen molar-refractivity contribution in [1.29, 1.82) is 0 Å². The minimum Gasteiger partial charge on any atom is -0.270 e. The van der Waals surface area contributed by atoms with Crippen molar-refractivity contribution >= 4 is 5.91 Å². The summed E-state index contributed by atoms with van der Waals surface area (Å²) in [6.07, 6.45) is -4.54. The minimum atomic E-state index is -4.54. The van der Waals surface area contributed by atoms with Crippen LogP contribution >= 0.6 is 0 Å². The maximum atomic E-state index is 12.2. The van der Waals surface area contributed by atoms with Crippen LogP contribution in [0.3, 0.4) is 0 Å². The molecule has 1 amide bonds. The molecule has 1 aromatic rings. The van der Waals surface area contributed by atoms with E-state index in [1.165, 1.54) is 0 Å². The van der Waals surface area contributed by atoms with Crippen molar-refractivity contribution < 1.29 is 23.2 Å². The Morgan fingerprint density at radius 1 is 1.40 bits per heavy atom. The van der Waals surface area contributed by atoms with Crippen LogP contribution in [0.1, 0.15) is 15.9 Å². The quantitative estimate of drug-likeness (QED) is 0.325. The molecule has 0 fully saturated rings. The summed E-state index contributed by atoms with van der Waals surface area (Å²) < 4.78 is 36.6. The summed E-state index contributed by atoms with van der Waals surface area (Å²) in [4.78, 5) is 11.0. The number of halogens is 3. The van der Waals surface area contributed by atoms with E-state index < -0.39 is 17.6 Å². The molecule has 0 atom stereocenters. The van der Waals surface area contributed by atoms with Crippen molar-refractivity contribution in [2.75, 3.05) is 0 Å². The Morgan fingerprint density at radius 3 is 2.47 bits per heavy atom. The van der Waals surface area contributed by atoms with Crippen LogP contribution < -0.4 is 5.84 Å². The lowest BCUT2D eigenvalue weighted by atomic mass is 10.1. The molecule has 1 aromatic carbocycles. The highest BCUT2D eigenvalue weighted by molar-refractivity contribution is 5.93. The minimum absolute atomic E-state index is 0.268. The van der Waals surface area contributed by atoms with Gasteiger partial charge in [0, 0.05) is 5.56 Å². The number of carbonyl (C=O) groups is 1. The first kappa shape index (κ1) is 11.5. The number of benzene rings is 1. The summed E-state index contributed by atoms with van der Waals surface area (Å²) in [5, 5.41) is 8.28. The number of nitrogens with zero attached hydrogens (tertiary/aromatic N) is 1. The Bertz CT molecular complexity index is 376. The lowest BCUT2D eigenvalue weighted by Gasteiger charge is -2.10. The highest BCUT2D eigenvalue weighted by Crippen LogP contribution is 2.29. The van der Waals surface area contributed by atoms with Gasteiger partial charge in [0.1, 0.15) is 0 Å². The predicted octanol–water partition coefficient (Wildman–Crippen LogP) is 1.41. The van der Waals surface area contributed by atoms with Gasteiger partial charge in [-0.1, -0.05) is 6.07 Å². The van der Waals surface area contributed by atoms with Crippen LogP contribution in [0, 0.1) is 0 Å². The Labute approximate surface area is 82.6 Å². The lowest BCUT2D eigenvalue weighted by Crippen LogP contribution is -2.33. The molecule has 7 heteroatoms. The molecule has 0 aliphatic rings. The van der Waals surface area contributed by atoms with Crippen LogP contribution in [0.25, 0.3) is 0 Å². The van der Waals surface area contributed by atoms with Crippen LogP contribution in [0.4, 0.5) is 13.2 Å². The topological polar surface area (TPSA) is 66.6 Å². The Balaban J connectivity index is 3.09. The summed E-state index contributed by atoms with van der Waals surface area (Å²) in [7, 11) is 0. The van der Waals surface area contributed by atoms with Crippen molar-refractivity contribution in [1.82, 2.24) is 5.17 Å². The van der Waals surface area contributed by atoms with Crippen molar-refractivity contribution in [2.24, 2.45) is 5.84 Å². The van der Waals surface area contributed by atoms with Gasteiger partial charge in [0.2, 0.25) is 0 Å². The second kappa shape index (κ2) is 3.87. The molecule has 15 heavy (non-hydrogen) atoms. The lowest BCUT2D eigenvalue weighted by molar-refractivity contribution is -0.137. The molecule has 0 bridgehead atoms. The zero-order chi connectivity index (χ0) is 11.6. The first-order valence-electron chi connectivity index (χ1n) is 3.77. The molecule has 3 N–H and O–H groups in total. The first-order valence-corrected chi connectivity index (χ1v) is 3.77. The maximum absolute atomic E-state index is 12.2. The van der Waals surface area contributed by atoms with E-state index in [2.05, 4.69) is 5.84 Å². The van der Waals surface area contributed by atoms with Gasteiger partial charge in [-0.15, -0.1) is 5.17 Å². The van der Waals surface area contributed by atoms with Gasteiger partial charge in [-0.2, -0.15) is 13.2 Å². The van der Waals surface area contributed by atoms with Crippen molar-refractivity contribution in [3.05, 3.63) is 35.4 Å². The summed E-state index contributed by atoms with van der Waals surface area (Å²) in [5.41, 5.74) is -1.31. The predicted molar refractivity (Wildman–Crippen MR) is 43.6 cm³/mol. The van der Waals surface area contributed by atoms with Crippen molar-refractivity contribution in [3.63, 3.8) is 0 Å². The molecular weight excluding hydrogens is 213 g/mol. The monoisotopic (exact) mass is 220 g/mol. The SMILES string of the molecule is NN(O)C(=O)c1cccc(C(F)(F)F)c1. The Morgan fingerprint density at radius 2 is 2.00 bits per heavy atom. The van der Waals surface area contributed by atoms with E-state index in [1.54, 1.807) is 0 Å². The number of carbonyl (C=O) groups excluding carboxylic acids is 1. The molecule has 0 saturated carbocycles. The molecule has 0 aliphatic heterocycles. The zero-order valence-corrected chi connectivity index (χ0v) is 7.32. The second-order valence-electron chi connectivity index (χ2n) is 2.73. The van der Waals surface area contributed by atoms with E-state index in [0.29, 0.717) is 6.07 Å². The van der Waals surface area contributed by atoms with Crippen LogP contribution in [0.15, 0.2) is 24.3 Å². The smallest absolute Gasteiger partial charge is 0.270 e. The molecular formula is C8H7F3N2O2. The summed E-state index contributed by atoms with van der Waals surface area (Å²) in [6, 6.07) is 3.60. The van der Waals surface area contributed by atoms with E-state index in [4.69, 9.17) is 5.21 Å². The summed E-state index contributed by atoms with van der Waals surface area (Å²) >= 11 is 0. The van der Waals surface area contributed by atoms with E-state index in [9.17, 15) is 18.0 Å². The third-order valence-corrected chi connectivity index (χ3v) is 1.64. The van der Waals surface area contributed by atoms with Crippen LogP contribution in [-0.2, 0) is 6.18 Å². The number of alkyl halides is 3. The molecule has 82 valence electrons. The van der Waals surface area contributed by atoms with Crippen LogP contribution in [-0.4, -0.2) is 16.3 Å². The average Bonchev–Trinajstić information content (AvgIpc) is 2.15. The van der Waals surface area contributed by atoms with Gasteiger partial charge in [0.05, 0.1) is 5.56 Å². The van der Waals surface area contributed by atoms with E-state index in [1.807, 2.05) is 0 Å². The molecule has 4 nitrogen and oxygen atoms in total. The van der Waals surface area contributed by atoms with Crippen LogP contribution in [0.2, 0.25) is 0 Å². The molecule has 0 unspecified atom stereocenters. The van der Waals surface area contributed by atoms with Crippen molar-refractivity contribution in [3.8, 4) is 0 Å². The van der Waals surface area contributed by atoms with Gasteiger partial charge < -0.3 is 0 Å². The fourth-order valence-corrected chi connectivity index (χ4v) is 0.961. The number of hydroxylamine groups is 1. The summed E-state index contributed by atoms with van der Waals surface area (Å²) in [6.45, 7) is 0. The highest BCUT2D eigenvalue weighted by atomic mass is 19.4. The fraction of sp³-hybridized carbons (Fsp3) is 0.125. The maximum Gasteiger partial charge on any atom is 0.416 e. The molecule has 0 aromatic heterocycles. The van der Waals surface area contributed by atoms with Gasteiger partial charge in [-0.25, -0.2) is 5.84 Å². The molecule has 0 radical (unpaired) electrons. The van der Waals surface area contributed by atoms with Crippen molar-refractivity contribution in [2.45, 2.75) is 6.18 Å². The molecule has 0 aliphatic carbocycles. The van der Waals surface area contributed by atoms with E-state index in [-0.39, 0.29) is 10.7 Å².